The molecule has 0 saturated heterocycles. The third-order valence-corrected chi connectivity index (χ3v) is 5.30. The minimum absolute atomic E-state index is 0.131. The Morgan fingerprint density at radius 1 is 1.19 bits per heavy atom. The maximum absolute atomic E-state index is 12.7. The van der Waals surface area contributed by atoms with Crippen molar-refractivity contribution < 1.29 is 29.0 Å². The highest BCUT2D eigenvalue weighted by atomic mass is 32.1. The van der Waals surface area contributed by atoms with Crippen LogP contribution in [0.4, 0.5) is 0 Å². The third kappa shape index (κ3) is 4.56. The molecule has 1 aromatic heterocycles. The Morgan fingerprint density at radius 3 is 2.56 bits per heavy atom. The molecule has 27 heavy (non-hydrogen) atoms. The minimum Gasteiger partial charge on any atom is -0.507 e. The highest BCUT2D eigenvalue weighted by molar-refractivity contribution is 7.10. The van der Waals surface area contributed by atoms with E-state index in [0.29, 0.717) is 36.6 Å². The predicted octanol–water partition coefficient (Wildman–Crippen LogP) is 1.75. The lowest BCUT2D eigenvalue weighted by Crippen LogP contribution is -3.11. The van der Waals surface area contributed by atoms with Crippen molar-refractivity contribution in [1.29, 1.82) is 0 Å². The topological polar surface area (TPSA) is 69.4 Å². The Bertz CT molecular complexity index is 808. The van der Waals surface area contributed by atoms with Gasteiger partial charge in [0.1, 0.15) is 25.4 Å². The molecule has 0 saturated carbocycles. The number of carbonyl (C=O) groups is 1. The van der Waals surface area contributed by atoms with Crippen molar-refractivity contribution in [1.82, 2.24) is 0 Å². The number of phenols is 1. The lowest BCUT2D eigenvalue weighted by Gasteiger charge is -2.20. The van der Waals surface area contributed by atoms with Crippen molar-refractivity contribution in [3.63, 3.8) is 0 Å². The molecule has 0 amide bonds. The number of aromatic hydroxyl groups is 1. The fraction of sp³-hybridized carbons (Fsp3) is 0.350. The van der Waals surface area contributed by atoms with E-state index >= 15 is 0 Å². The number of phenolic OH excluding ortho intramolecular Hbond substituents is 1. The van der Waals surface area contributed by atoms with Gasteiger partial charge in [-0.25, -0.2) is 0 Å². The highest BCUT2D eigenvalue weighted by Crippen LogP contribution is 2.39. The van der Waals surface area contributed by atoms with Gasteiger partial charge in [0, 0.05) is 25.2 Å². The van der Waals surface area contributed by atoms with Gasteiger partial charge in [-0.05, 0) is 23.6 Å². The molecule has 144 valence electrons. The standard InChI is InChI=1S/C20H23NO5S/c1-24-9-7-21(8-10-25-2)13-16-17(22)6-5-15-19(23)18(26-20(15)16)12-14-4-3-11-27-14/h3-6,11-12,22H,7-10,13H2,1-2H3/p+1/b18-12+. The first kappa shape index (κ1) is 19.6. The molecule has 0 bridgehead atoms. The number of fused-ring (bicyclic) bond motifs is 1. The summed E-state index contributed by atoms with van der Waals surface area (Å²) in [6.07, 6.45) is 1.74. The van der Waals surface area contributed by atoms with Crippen LogP contribution in [-0.2, 0) is 16.0 Å². The van der Waals surface area contributed by atoms with Gasteiger partial charge >= 0.3 is 0 Å². The molecule has 2 heterocycles. The van der Waals surface area contributed by atoms with E-state index < -0.39 is 0 Å². The quantitative estimate of drug-likeness (QED) is 0.639. The second-order valence-electron chi connectivity index (χ2n) is 6.31. The summed E-state index contributed by atoms with van der Waals surface area (Å²) in [6, 6.07) is 7.04. The largest absolute Gasteiger partial charge is 0.507 e. The molecule has 7 heteroatoms. The van der Waals surface area contributed by atoms with Crippen LogP contribution < -0.4 is 9.64 Å². The van der Waals surface area contributed by atoms with Gasteiger partial charge in [0.25, 0.3) is 0 Å². The first-order chi connectivity index (χ1) is 13.1. The number of benzene rings is 1. The van der Waals surface area contributed by atoms with E-state index in [1.54, 1.807) is 32.4 Å². The molecule has 0 radical (unpaired) electrons. The second-order valence-corrected chi connectivity index (χ2v) is 7.29. The lowest BCUT2D eigenvalue weighted by molar-refractivity contribution is -0.914. The zero-order valence-electron chi connectivity index (χ0n) is 15.5. The van der Waals surface area contributed by atoms with Crippen LogP contribution in [0, 0.1) is 0 Å². The van der Waals surface area contributed by atoms with E-state index in [4.69, 9.17) is 14.2 Å². The molecule has 1 aliphatic heterocycles. The maximum Gasteiger partial charge on any atom is 0.232 e. The number of ketones is 1. The molecular weight excluding hydrogens is 366 g/mol. The third-order valence-electron chi connectivity index (χ3n) is 4.48. The van der Waals surface area contributed by atoms with Gasteiger partial charge in [0.15, 0.2) is 11.5 Å². The molecule has 1 aliphatic rings. The van der Waals surface area contributed by atoms with E-state index in [-0.39, 0.29) is 17.3 Å². The number of quaternary nitrogens is 1. The zero-order chi connectivity index (χ0) is 19.2. The Labute approximate surface area is 162 Å². The van der Waals surface area contributed by atoms with Crippen molar-refractivity contribution in [2.75, 3.05) is 40.5 Å². The number of rotatable bonds is 9. The number of ether oxygens (including phenoxy) is 3. The molecule has 0 fully saturated rings. The molecular formula is C20H24NO5S+. The molecule has 0 unspecified atom stereocenters. The van der Waals surface area contributed by atoms with Crippen molar-refractivity contribution in [3.8, 4) is 11.5 Å². The summed E-state index contributed by atoms with van der Waals surface area (Å²) in [4.78, 5) is 14.8. The Balaban J connectivity index is 1.87. The lowest BCUT2D eigenvalue weighted by atomic mass is 10.0. The smallest absolute Gasteiger partial charge is 0.232 e. The van der Waals surface area contributed by atoms with Crippen molar-refractivity contribution in [3.05, 3.63) is 51.4 Å². The molecule has 2 N–H and O–H groups in total. The first-order valence-electron chi connectivity index (χ1n) is 8.78. The van der Waals surface area contributed by atoms with Crippen LogP contribution in [0.25, 0.3) is 6.08 Å². The maximum atomic E-state index is 12.7. The van der Waals surface area contributed by atoms with Crippen LogP contribution in [0.5, 0.6) is 11.5 Å². The number of allylic oxidation sites excluding steroid dienone is 1. The van der Waals surface area contributed by atoms with Gasteiger partial charge < -0.3 is 24.2 Å². The Hall–Kier alpha value is -2.19. The van der Waals surface area contributed by atoms with Crippen LogP contribution in [0.1, 0.15) is 20.8 Å². The van der Waals surface area contributed by atoms with Crippen LogP contribution in [0.2, 0.25) is 0 Å². The second kappa shape index (κ2) is 9.14. The Kier molecular flexibility index (Phi) is 6.63. The average Bonchev–Trinajstić information content (AvgIpc) is 3.28. The van der Waals surface area contributed by atoms with E-state index in [9.17, 15) is 9.90 Å². The average molecular weight is 390 g/mol. The number of methoxy groups -OCH3 is 2. The van der Waals surface area contributed by atoms with E-state index in [1.807, 2.05) is 17.5 Å². The normalized spacial score (nSPS) is 14.8. The fourth-order valence-corrected chi connectivity index (χ4v) is 3.66. The van der Waals surface area contributed by atoms with Crippen LogP contribution >= 0.6 is 11.3 Å². The molecule has 6 nitrogen and oxygen atoms in total. The van der Waals surface area contributed by atoms with Gasteiger partial charge in [-0.3, -0.25) is 4.79 Å². The summed E-state index contributed by atoms with van der Waals surface area (Å²) < 4.78 is 16.3. The van der Waals surface area contributed by atoms with Crippen molar-refractivity contribution in [2.24, 2.45) is 0 Å². The zero-order valence-corrected chi connectivity index (χ0v) is 16.3. The van der Waals surface area contributed by atoms with Gasteiger partial charge in [0.2, 0.25) is 5.78 Å². The van der Waals surface area contributed by atoms with Crippen molar-refractivity contribution in [2.45, 2.75) is 6.54 Å². The molecule has 3 rings (SSSR count). The summed E-state index contributed by atoms with van der Waals surface area (Å²) in [6.45, 7) is 3.22. The summed E-state index contributed by atoms with van der Waals surface area (Å²) in [5.74, 6) is 0.714. The Morgan fingerprint density at radius 2 is 1.93 bits per heavy atom. The summed E-state index contributed by atoms with van der Waals surface area (Å²) in [5.41, 5.74) is 1.13. The number of hydrogen-bond donors (Lipinski definition) is 2. The number of Topliss-reactive ketones (excluding diaryl/α,β-unsaturated/α-hetero) is 1. The fourth-order valence-electron chi connectivity index (χ4n) is 3.01. The highest BCUT2D eigenvalue weighted by Gasteiger charge is 2.32. The van der Waals surface area contributed by atoms with E-state index in [1.165, 1.54) is 16.2 Å². The number of nitrogens with one attached hydrogen (secondary N) is 1. The monoisotopic (exact) mass is 390 g/mol. The van der Waals surface area contributed by atoms with Crippen LogP contribution in [0.15, 0.2) is 35.4 Å². The van der Waals surface area contributed by atoms with E-state index in [0.717, 1.165) is 18.0 Å². The van der Waals surface area contributed by atoms with Gasteiger partial charge in [0.05, 0.1) is 24.3 Å². The number of carbonyl (C=O) groups excluding carboxylic acids is 1. The number of thiophene rings is 1. The van der Waals surface area contributed by atoms with Gasteiger partial charge in [-0.1, -0.05) is 6.07 Å². The summed E-state index contributed by atoms with van der Waals surface area (Å²) >= 11 is 1.54. The van der Waals surface area contributed by atoms with Gasteiger partial charge in [-0.15, -0.1) is 11.3 Å². The summed E-state index contributed by atoms with van der Waals surface area (Å²) in [7, 11) is 3.32. The van der Waals surface area contributed by atoms with E-state index in [2.05, 4.69) is 0 Å². The molecule has 0 spiro atoms. The molecule has 2 aromatic rings. The van der Waals surface area contributed by atoms with Crippen LogP contribution in [0.3, 0.4) is 0 Å². The SMILES string of the molecule is COCC[NH+](CCOC)Cc1c(O)ccc2c1O/C(=C/c1cccs1)C2=O. The predicted molar refractivity (Wildman–Crippen MR) is 104 cm³/mol. The van der Waals surface area contributed by atoms with Gasteiger partial charge in [-0.2, -0.15) is 0 Å². The summed E-state index contributed by atoms with van der Waals surface area (Å²) in [5, 5.41) is 12.4. The number of hydrogen-bond acceptors (Lipinski definition) is 6. The minimum atomic E-state index is -0.157. The van der Waals surface area contributed by atoms with Crippen molar-refractivity contribution >= 4 is 23.2 Å². The molecule has 1 aromatic carbocycles. The molecule has 0 aliphatic carbocycles. The first-order valence-corrected chi connectivity index (χ1v) is 9.66. The van der Waals surface area contributed by atoms with Crippen LogP contribution in [-0.4, -0.2) is 51.4 Å². The molecule has 0 atom stereocenters.